The summed E-state index contributed by atoms with van der Waals surface area (Å²) < 4.78 is 2.03. The molecule has 1 aromatic heterocycles. The summed E-state index contributed by atoms with van der Waals surface area (Å²) in [5.74, 6) is 0.160. The highest BCUT2D eigenvalue weighted by Crippen LogP contribution is 2.36. The van der Waals surface area contributed by atoms with Crippen molar-refractivity contribution in [3.05, 3.63) is 88.7 Å². The van der Waals surface area contributed by atoms with E-state index in [1.54, 1.807) is 0 Å². The van der Waals surface area contributed by atoms with E-state index in [1.165, 1.54) is 27.8 Å². The highest BCUT2D eigenvalue weighted by atomic mass is 79.9. The summed E-state index contributed by atoms with van der Waals surface area (Å²) in [5, 5.41) is 0. The zero-order chi connectivity index (χ0) is 16.7. The zero-order valence-corrected chi connectivity index (χ0v) is 16.0. The molecule has 0 saturated heterocycles. The number of hydrogen-bond donors (Lipinski definition) is 0. The molecule has 0 saturated carbocycles. The van der Waals surface area contributed by atoms with Gasteiger partial charge in [-0.3, -0.25) is 4.79 Å². The lowest BCUT2D eigenvalue weighted by Gasteiger charge is -2.05. The van der Waals surface area contributed by atoms with Gasteiger partial charge in [0.05, 0.1) is 0 Å². The van der Waals surface area contributed by atoms with Crippen molar-refractivity contribution in [2.75, 3.05) is 0 Å². The molecule has 0 atom stereocenters. The van der Waals surface area contributed by atoms with E-state index in [1.807, 2.05) is 22.9 Å². The number of carbonyl (C=O) groups excluding carboxylic acids is 1. The predicted molar refractivity (Wildman–Crippen MR) is 95.1 cm³/mol. The second-order valence-electron chi connectivity index (χ2n) is 6.53. The Bertz CT molecular complexity index is 962. The Labute approximate surface area is 158 Å². The topological polar surface area (TPSA) is 20.9 Å². The number of nitrogens with zero attached hydrogens (tertiary/aromatic N) is 1. The van der Waals surface area contributed by atoms with Crippen molar-refractivity contribution in [3.63, 3.8) is 0 Å². The SMILES string of the molecule is Cc1ccc[n+](CC(=O)c2ccc3c(c2)Cc2ccccc2-3)c1C.[Br-]. The maximum Gasteiger partial charge on any atom is 0.227 e. The van der Waals surface area contributed by atoms with E-state index in [9.17, 15) is 4.79 Å². The van der Waals surface area contributed by atoms with E-state index < -0.39 is 0 Å². The molecule has 2 aromatic carbocycles. The summed E-state index contributed by atoms with van der Waals surface area (Å²) in [7, 11) is 0. The summed E-state index contributed by atoms with van der Waals surface area (Å²) >= 11 is 0. The number of aromatic nitrogens is 1. The molecule has 4 rings (SSSR count). The van der Waals surface area contributed by atoms with Gasteiger partial charge in [-0.1, -0.05) is 36.4 Å². The van der Waals surface area contributed by atoms with E-state index in [0.717, 1.165) is 17.7 Å². The summed E-state index contributed by atoms with van der Waals surface area (Å²) in [6.45, 7) is 4.52. The number of halogens is 1. The third-order valence-electron chi connectivity index (χ3n) is 5.04. The van der Waals surface area contributed by atoms with Crippen LogP contribution in [0.4, 0.5) is 0 Å². The van der Waals surface area contributed by atoms with Crippen LogP contribution in [0.25, 0.3) is 11.1 Å². The molecule has 0 N–H and O–H groups in total. The first kappa shape index (κ1) is 17.6. The lowest BCUT2D eigenvalue weighted by atomic mass is 10.0. The van der Waals surface area contributed by atoms with E-state index in [2.05, 4.69) is 56.3 Å². The number of hydrogen-bond acceptors (Lipinski definition) is 1. The van der Waals surface area contributed by atoms with Gasteiger partial charge in [0.1, 0.15) is 0 Å². The smallest absolute Gasteiger partial charge is 0.227 e. The molecule has 3 aromatic rings. The van der Waals surface area contributed by atoms with Crippen LogP contribution in [0.3, 0.4) is 0 Å². The minimum Gasteiger partial charge on any atom is -1.00 e. The van der Waals surface area contributed by atoms with Crippen LogP contribution in [0.5, 0.6) is 0 Å². The minimum atomic E-state index is 0. The van der Waals surface area contributed by atoms with Crippen molar-refractivity contribution in [1.29, 1.82) is 0 Å². The van der Waals surface area contributed by atoms with Crippen molar-refractivity contribution in [3.8, 4) is 11.1 Å². The number of pyridine rings is 1. The fourth-order valence-electron chi connectivity index (χ4n) is 3.49. The van der Waals surface area contributed by atoms with Crippen molar-refractivity contribution < 1.29 is 26.3 Å². The molecular weight excluding hydrogens is 374 g/mol. The number of ketones is 1. The van der Waals surface area contributed by atoms with Gasteiger partial charge in [0.2, 0.25) is 12.3 Å². The minimum absolute atomic E-state index is 0. The predicted octanol–water partition coefficient (Wildman–Crippen LogP) is 1.05. The van der Waals surface area contributed by atoms with Crippen molar-refractivity contribution in [2.24, 2.45) is 0 Å². The highest BCUT2D eigenvalue weighted by molar-refractivity contribution is 5.96. The summed E-state index contributed by atoms with van der Waals surface area (Å²) in [5.41, 5.74) is 8.31. The third-order valence-corrected chi connectivity index (χ3v) is 5.04. The van der Waals surface area contributed by atoms with E-state index in [0.29, 0.717) is 6.54 Å². The molecule has 0 bridgehead atoms. The Morgan fingerprint density at radius 3 is 2.56 bits per heavy atom. The van der Waals surface area contributed by atoms with Gasteiger partial charge >= 0.3 is 0 Å². The fourth-order valence-corrected chi connectivity index (χ4v) is 3.49. The third kappa shape index (κ3) is 3.16. The maximum atomic E-state index is 12.7. The highest BCUT2D eigenvalue weighted by Gasteiger charge is 2.21. The largest absolute Gasteiger partial charge is 1.00 e. The lowest BCUT2D eigenvalue weighted by Crippen LogP contribution is -3.00. The second-order valence-corrected chi connectivity index (χ2v) is 6.53. The van der Waals surface area contributed by atoms with Crippen LogP contribution in [-0.2, 0) is 13.0 Å². The van der Waals surface area contributed by atoms with Crippen molar-refractivity contribution >= 4 is 5.78 Å². The zero-order valence-electron chi connectivity index (χ0n) is 14.4. The van der Waals surface area contributed by atoms with Crippen LogP contribution in [0.2, 0.25) is 0 Å². The molecule has 3 heteroatoms. The Morgan fingerprint density at radius 1 is 0.960 bits per heavy atom. The van der Waals surface area contributed by atoms with Gasteiger partial charge in [0, 0.05) is 24.1 Å². The van der Waals surface area contributed by atoms with Crippen LogP contribution in [0, 0.1) is 13.8 Å². The lowest BCUT2D eigenvalue weighted by molar-refractivity contribution is -0.689. The molecule has 0 spiro atoms. The number of Topliss-reactive ketones (excluding diaryl/α,β-unsaturated/α-hetero) is 1. The molecule has 2 nitrogen and oxygen atoms in total. The summed E-state index contributed by atoms with van der Waals surface area (Å²) in [6, 6.07) is 18.7. The Kier molecular flexibility index (Phi) is 4.87. The van der Waals surface area contributed by atoms with Gasteiger partial charge in [-0.05, 0) is 47.7 Å². The Hall–Kier alpha value is -2.26. The molecule has 0 fully saturated rings. The van der Waals surface area contributed by atoms with Gasteiger partial charge < -0.3 is 17.0 Å². The summed E-state index contributed by atoms with van der Waals surface area (Å²) in [6.07, 6.45) is 2.90. The molecule has 126 valence electrons. The van der Waals surface area contributed by atoms with Gasteiger partial charge in [-0.25, -0.2) is 0 Å². The molecule has 0 aliphatic heterocycles. The van der Waals surface area contributed by atoms with Gasteiger partial charge in [-0.2, -0.15) is 4.57 Å². The number of carbonyl (C=O) groups is 1. The molecule has 1 heterocycles. The van der Waals surface area contributed by atoms with Crippen LogP contribution < -0.4 is 21.5 Å². The van der Waals surface area contributed by atoms with E-state index in [-0.39, 0.29) is 22.8 Å². The molecule has 1 aliphatic rings. The number of aryl methyl sites for hydroxylation is 1. The Balaban J connectivity index is 0.00000182. The first-order chi connectivity index (χ1) is 11.6. The van der Waals surface area contributed by atoms with Gasteiger partial charge in [0.25, 0.3) is 0 Å². The Morgan fingerprint density at radius 2 is 1.72 bits per heavy atom. The number of fused-ring (bicyclic) bond motifs is 3. The van der Waals surface area contributed by atoms with Crippen molar-refractivity contribution in [1.82, 2.24) is 0 Å². The first-order valence-corrected chi connectivity index (χ1v) is 8.33. The maximum absolute atomic E-state index is 12.7. The molecule has 0 unspecified atom stereocenters. The first-order valence-electron chi connectivity index (χ1n) is 8.33. The molecule has 0 radical (unpaired) electrons. The van der Waals surface area contributed by atoms with E-state index in [4.69, 9.17) is 0 Å². The van der Waals surface area contributed by atoms with Gasteiger partial charge in [-0.15, -0.1) is 0 Å². The van der Waals surface area contributed by atoms with Crippen LogP contribution in [0.15, 0.2) is 60.8 Å². The van der Waals surface area contributed by atoms with E-state index >= 15 is 0 Å². The van der Waals surface area contributed by atoms with Crippen LogP contribution in [0.1, 0.15) is 32.7 Å². The number of benzene rings is 2. The normalized spacial score (nSPS) is 11.4. The molecule has 0 amide bonds. The average molecular weight is 394 g/mol. The average Bonchev–Trinajstić information content (AvgIpc) is 2.96. The van der Waals surface area contributed by atoms with Crippen LogP contribution in [-0.4, -0.2) is 5.78 Å². The monoisotopic (exact) mass is 393 g/mol. The second kappa shape index (κ2) is 6.93. The quantitative estimate of drug-likeness (QED) is 0.376. The molecule has 1 aliphatic carbocycles. The standard InChI is InChI=1S/C22H20NO.BrH/c1-15-6-5-11-23(16(15)2)14-22(24)18-9-10-21-19(13-18)12-17-7-3-4-8-20(17)21;/h3-11,13H,12,14H2,1-2H3;1H/q+1;/p-1. The van der Waals surface area contributed by atoms with Crippen LogP contribution >= 0.6 is 0 Å². The molecule has 25 heavy (non-hydrogen) atoms. The summed E-state index contributed by atoms with van der Waals surface area (Å²) in [4.78, 5) is 12.7. The fraction of sp³-hybridized carbons (Fsp3) is 0.182. The van der Waals surface area contributed by atoms with Crippen molar-refractivity contribution in [2.45, 2.75) is 26.8 Å². The van der Waals surface area contributed by atoms with Gasteiger partial charge in [0.15, 0.2) is 11.9 Å². The molecular formula is C22H20BrNO. The number of rotatable bonds is 3.